The minimum absolute atomic E-state index is 0.119. The molecule has 0 spiro atoms. The lowest BCUT2D eigenvalue weighted by Gasteiger charge is -2.12. The van der Waals surface area contributed by atoms with Crippen molar-refractivity contribution in [2.45, 2.75) is 25.8 Å². The summed E-state index contributed by atoms with van der Waals surface area (Å²) in [6.45, 7) is 2.59. The van der Waals surface area contributed by atoms with Gasteiger partial charge in [0.1, 0.15) is 5.75 Å². The third-order valence-electron chi connectivity index (χ3n) is 3.11. The standard InChI is InChI=1S/C13H16BrNO2/c1-8(15-2)12(16)7-10-6-11(14)5-9-3-4-17-13(9)10/h5-6,8,15H,3-4,7H2,1-2H3. The van der Waals surface area contributed by atoms with Crippen LogP contribution >= 0.6 is 15.9 Å². The fourth-order valence-corrected chi connectivity index (χ4v) is 2.53. The maximum absolute atomic E-state index is 11.9. The maximum atomic E-state index is 11.9. The van der Waals surface area contributed by atoms with Gasteiger partial charge in [0.2, 0.25) is 0 Å². The van der Waals surface area contributed by atoms with Gasteiger partial charge < -0.3 is 10.1 Å². The van der Waals surface area contributed by atoms with E-state index in [2.05, 4.69) is 27.3 Å². The Kier molecular flexibility index (Phi) is 3.84. The molecule has 0 amide bonds. The summed E-state index contributed by atoms with van der Waals surface area (Å²) in [6, 6.07) is 3.92. The first kappa shape index (κ1) is 12.6. The third kappa shape index (κ3) is 2.69. The highest BCUT2D eigenvalue weighted by Crippen LogP contribution is 2.33. The van der Waals surface area contributed by atoms with E-state index in [-0.39, 0.29) is 11.8 Å². The van der Waals surface area contributed by atoms with Gasteiger partial charge >= 0.3 is 0 Å². The summed E-state index contributed by atoms with van der Waals surface area (Å²) in [5, 5.41) is 2.97. The van der Waals surface area contributed by atoms with Crippen molar-refractivity contribution in [3.63, 3.8) is 0 Å². The Hall–Kier alpha value is -0.870. The van der Waals surface area contributed by atoms with Gasteiger partial charge in [-0.2, -0.15) is 0 Å². The van der Waals surface area contributed by atoms with Gasteiger partial charge in [-0.25, -0.2) is 0 Å². The number of carbonyl (C=O) groups excluding carboxylic acids is 1. The second-order valence-corrected chi connectivity index (χ2v) is 5.22. The normalized spacial score (nSPS) is 15.2. The Morgan fingerprint density at radius 2 is 2.35 bits per heavy atom. The molecule has 0 radical (unpaired) electrons. The number of ketones is 1. The molecular weight excluding hydrogens is 282 g/mol. The van der Waals surface area contributed by atoms with Crippen LogP contribution in [0.15, 0.2) is 16.6 Å². The van der Waals surface area contributed by atoms with Crippen LogP contribution in [0.4, 0.5) is 0 Å². The van der Waals surface area contributed by atoms with E-state index in [0.717, 1.165) is 22.2 Å². The summed E-state index contributed by atoms with van der Waals surface area (Å²) < 4.78 is 6.62. The first-order valence-electron chi connectivity index (χ1n) is 5.76. The molecule has 0 aromatic heterocycles. The molecule has 0 fully saturated rings. The SMILES string of the molecule is CNC(C)C(=O)Cc1cc(Br)cc2c1OCC2. The van der Waals surface area contributed by atoms with Crippen LogP contribution in [0.25, 0.3) is 0 Å². The van der Waals surface area contributed by atoms with E-state index in [9.17, 15) is 4.79 Å². The number of fused-ring (bicyclic) bond motifs is 1. The highest BCUT2D eigenvalue weighted by Gasteiger charge is 2.20. The van der Waals surface area contributed by atoms with Crippen LogP contribution in [0.1, 0.15) is 18.1 Å². The topological polar surface area (TPSA) is 38.3 Å². The molecule has 0 saturated carbocycles. The lowest BCUT2D eigenvalue weighted by atomic mass is 10.0. The maximum Gasteiger partial charge on any atom is 0.153 e. The van der Waals surface area contributed by atoms with E-state index < -0.39 is 0 Å². The van der Waals surface area contributed by atoms with Crippen molar-refractivity contribution < 1.29 is 9.53 Å². The van der Waals surface area contributed by atoms with E-state index in [1.54, 1.807) is 7.05 Å². The second kappa shape index (κ2) is 5.19. The summed E-state index contributed by atoms with van der Waals surface area (Å²) >= 11 is 3.48. The Bertz CT molecular complexity index is 445. The van der Waals surface area contributed by atoms with Gasteiger partial charge in [-0.1, -0.05) is 15.9 Å². The summed E-state index contributed by atoms with van der Waals surface area (Å²) in [5.74, 6) is 1.09. The van der Waals surface area contributed by atoms with Gasteiger partial charge in [-0.3, -0.25) is 4.79 Å². The molecule has 1 heterocycles. The molecule has 1 atom stereocenters. The number of carbonyl (C=O) groups is 1. The number of rotatable bonds is 4. The van der Waals surface area contributed by atoms with Crippen molar-refractivity contribution in [3.05, 3.63) is 27.7 Å². The molecule has 1 aromatic rings. The largest absolute Gasteiger partial charge is 0.493 e. The fourth-order valence-electron chi connectivity index (χ4n) is 1.98. The quantitative estimate of drug-likeness (QED) is 0.925. The molecule has 1 N–H and O–H groups in total. The molecule has 4 heteroatoms. The van der Waals surface area contributed by atoms with E-state index in [1.807, 2.05) is 13.0 Å². The zero-order valence-electron chi connectivity index (χ0n) is 10.0. The Labute approximate surface area is 110 Å². The minimum atomic E-state index is -0.119. The van der Waals surface area contributed by atoms with Crippen LogP contribution < -0.4 is 10.1 Å². The van der Waals surface area contributed by atoms with Crippen LogP contribution in [-0.4, -0.2) is 25.5 Å². The summed E-state index contributed by atoms with van der Waals surface area (Å²) in [6.07, 6.45) is 1.35. The number of halogens is 1. The Morgan fingerprint density at radius 3 is 3.06 bits per heavy atom. The molecule has 17 heavy (non-hydrogen) atoms. The Balaban J connectivity index is 2.24. The summed E-state index contributed by atoms with van der Waals surface area (Å²) in [7, 11) is 1.80. The van der Waals surface area contributed by atoms with Gasteiger partial charge in [-0.05, 0) is 31.7 Å². The van der Waals surface area contributed by atoms with Gasteiger partial charge in [0.05, 0.1) is 12.6 Å². The first-order chi connectivity index (χ1) is 8.11. The van der Waals surface area contributed by atoms with Crippen LogP contribution in [0.3, 0.4) is 0 Å². The average Bonchev–Trinajstić information content (AvgIpc) is 2.75. The van der Waals surface area contributed by atoms with Crippen molar-refractivity contribution in [2.75, 3.05) is 13.7 Å². The zero-order valence-corrected chi connectivity index (χ0v) is 11.6. The number of hydrogen-bond donors (Lipinski definition) is 1. The lowest BCUT2D eigenvalue weighted by molar-refractivity contribution is -0.119. The van der Waals surface area contributed by atoms with E-state index in [1.165, 1.54) is 5.56 Å². The molecule has 1 aliphatic rings. The number of likely N-dealkylation sites (N-methyl/N-ethyl adjacent to an activating group) is 1. The number of Topliss-reactive ketones (excluding diaryl/α,β-unsaturated/α-hetero) is 1. The fraction of sp³-hybridized carbons (Fsp3) is 0.462. The molecule has 2 rings (SSSR count). The molecule has 1 unspecified atom stereocenters. The van der Waals surface area contributed by atoms with Crippen LogP contribution in [-0.2, 0) is 17.6 Å². The monoisotopic (exact) mass is 297 g/mol. The lowest BCUT2D eigenvalue weighted by Crippen LogP contribution is -2.31. The highest BCUT2D eigenvalue weighted by molar-refractivity contribution is 9.10. The van der Waals surface area contributed by atoms with Gasteiger partial charge in [0, 0.05) is 22.9 Å². The zero-order chi connectivity index (χ0) is 12.4. The smallest absolute Gasteiger partial charge is 0.153 e. The number of hydrogen-bond acceptors (Lipinski definition) is 3. The van der Waals surface area contributed by atoms with E-state index in [4.69, 9.17) is 4.74 Å². The molecule has 1 aromatic carbocycles. The van der Waals surface area contributed by atoms with Crippen molar-refractivity contribution in [2.24, 2.45) is 0 Å². The van der Waals surface area contributed by atoms with Crippen LogP contribution in [0.2, 0.25) is 0 Å². The number of benzene rings is 1. The minimum Gasteiger partial charge on any atom is -0.493 e. The van der Waals surface area contributed by atoms with Crippen molar-refractivity contribution >= 4 is 21.7 Å². The molecule has 92 valence electrons. The van der Waals surface area contributed by atoms with Crippen LogP contribution in [0, 0.1) is 0 Å². The summed E-state index contributed by atoms with van der Waals surface area (Å²) in [4.78, 5) is 11.9. The van der Waals surface area contributed by atoms with Gasteiger partial charge in [0.25, 0.3) is 0 Å². The van der Waals surface area contributed by atoms with Crippen molar-refractivity contribution in [1.29, 1.82) is 0 Å². The van der Waals surface area contributed by atoms with E-state index in [0.29, 0.717) is 13.0 Å². The molecule has 0 bridgehead atoms. The molecule has 3 nitrogen and oxygen atoms in total. The molecule has 1 aliphatic heterocycles. The highest BCUT2D eigenvalue weighted by atomic mass is 79.9. The summed E-state index contributed by atoms with van der Waals surface area (Å²) in [5.41, 5.74) is 2.18. The van der Waals surface area contributed by atoms with E-state index >= 15 is 0 Å². The van der Waals surface area contributed by atoms with Crippen LogP contribution in [0.5, 0.6) is 5.75 Å². The predicted octanol–water partition coefficient (Wildman–Crippen LogP) is 2.10. The van der Waals surface area contributed by atoms with Crippen molar-refractivity contribution in [1.82, 2.24) is 5.32 Å². The second-order valence-electron chi connectivity index (χ2n) is 4.31. The average molecular weight is 298 g/mol. The Morgan fingerprint density at radius 1 is 1.59 bits per heavy atom. The third-order valence-corrected chi connectivity index (χ3v) is 3.56. The van der Waals surface area contributed by atoms with Crippen molar-refractivity contribution in [3.8, 4) is 5.75 Å². The molecular formula is C13H16BrNO2. The number of nitrogens with one attached hydrogen (secondary N) is 1. The van der Waals surface area contributed by atoms with Gasteiger partial charge in [0.15, 0.2) is 5.78 Å². The predicted molar refractivity (Wildman–Crippen MR) is 70.6 cm³/mol. The molecule has 0 aliphatic carbocycles. The number of ether oxygens (including phenoxy) is 1. The molecule has 0 saturated heterocycles. The first-order valence-corrected chi connectivity index (χ1v) is 6.55. The van der Waals surface area contributed by atoms with Gasteiger partial charge in [-0.15, -0.1) is 0 Å².